The highest BCUT2D eigenvalue weighted by Crippen LogP contribution is 2.12. The standard InChI is InChI=1S/C20H30N5.CH4/c1-3-14-25(2,15-12-23-19-8-4-17(21)5-9-19)16-13-24-20-10-6-18(22)7-11-20;/h3-11,23-24H,1,12-16,21-22H2,2H3;1H4/q+1;. The van der Waals surface area contributed by atoms with Gasteiger partial charge in [0, 0.05) is 22.7 Å². The van der Waals surface area contributed by atoms with Crippen molar-refractivity contribution in [2.24, 2.45) is 0 Å². The second-order valence-corrected chi connectivity index (χ2v) is 6.64. The quantitative estimate of drug-likeness (QED) is 0.298. The molecule has 0 atom stereocenters. The van der Waals surface area contributed by atoms with Gasteiger partial charge in [0.1, 0.15) is 0 Å². The van der Waals surface area contributed by atoms with Crippen molar-refractivity contribution in [1.82, 2.24) is 0 Å². The van der Waals surface area contributed by atoms with Crippen molar-refractivity contribution < 1.29 is 4.48 Å². The second-order valence-electron chi connectivity index (χ2n) is 6.64. The molecular formula is C21H34N5+. The minimum absolute atomic E-state index is 0. The molecule has 2 aromatic rings. The van der Waals surface area contributed by atoms with Gasteiger partial charge in [-0.25, -0.2) is 0 Å². The number of rotatable bonds is 10. The number of nitrogens with one attached hydrogen (secondary N) is 2. The Kier molecular flexibility index (Phi) is 8.52. The lowest BCUT2D eigenvalue weighted by molar-refractivity contribution is -0.900. The molecule has 0 amide bonds. The molecule has 0 aliphatic carbocycles. The zero-order chi connectivity index (χ0) is 18.1. The predicted octanol–water partition coefficient (Wildman–Crippen LogP) is 3.64. The van der Waals surface area contributed by atoms with Crippen molar-refractivity contribution in [1.29, 1.82) is 0 Å². The molecule has 26 heavy (non-hydrogen) atoms. The van der Waals surface area contributed by atoms with Crippen molar-refractivity contribution in [2.75, 3.05) is 61.9 Å². The summed E-state index contributed by atoms with van der Waals surface area (Å²) in [5, 5.41) is 6.92. The summed E-state index contributed by atoms with van der Waals surface area (Å²) in [5.74, 6) is 0. The monoisotopic (exact) mass is 356 g/mol. The predicted molar refractivity (Wildman–Crippen MR) is 116 cm³/mol. The summed E-state index contributed by atoms with van der Waals surface area (Å²) < 4.78 is 0.924. The van der Waals surface area contributed by atoms with Gasteiger partial charge in [0.2, 0.25) is 0 Å². The first-order chi connectivity index (χ1) is 12.0. The first-order valence-corrected chi connectivity index (χ1v) is 8.64. The summed E-state index contributed by atoms with van der Waals surface area (Å²) in [6, 6.07) is 15.7. The number of hydrogen-bond acceptors (Lipinski definition) is 4. The van der Waals surface area contributed by atoms with Crippen molar-refractivity contribution in [3.05, 3.63) is 61.2 Å². The fourth-order valence-corrected chi connectivity index (χ4v) is 2.75. The first-order valence-electron chi connectivity index (χ1n) is 8.64. The van der Waals surface area contributed by atoms with Crippen LogP contribution in [0.4, 0.5) is 22.7 Å². The number of hydrogen-bond donors (Lipinski definition) is 4. The summed E-state index contributed by atoms with van der Waals surface area (Å²) in [5.41, 5.74) is 15.2. The maximum Gasteiger partial charge on any atom is 0.0970 e. The van der Waals surface area contributed by atoms with Crippen LogP contribution in [0.2, 0.25) is 0 Å². The molecule has 0 aliphatic rings. The number of anilines is 4. The minimum Gasteiger partial charge on any atom is -0.399 e. The number of likely N-dealkylation sites (N-methyl/N-ethyl adjacent to an activating group) is 1. The van der Waals surface area contributed by atoms with Crippen LogP contribution < -0.4 is 22.1 Å². The van der Waals surface area contributed by atoms with Gasteiger partial charge in [0.15, 0.2) is 0 Å². The Morgan fingerprint density at radius 2 is 1.23 bits per heavy atom. The molecule has 0 fully saturated rings. The van der Waals surface area contributed by atoms with Gasteiger partial charge in [0.05, 0.1) is 39.8 Å². The van der Waals surface area contributed by atoms with Gasteiger partial charge in [-0.05, 0) is 54.6 Å². The van der Waals surface area contributed by atoms with Crippen molar-refractivity contribution in [3.63, 3.8) is 0 Å². The van der Waals surface area contributed by atoms with Gasteiger partial charge in [0.25, 0.3) is 0 Å². The lowest BCUT2D eigenvalue weighted by Crippen LogP contribution is -2.49. The zero-order valence-corrected chi connectivity index (χ0v) is 15.0. The lowest BCUT2D eigenvalue weighted by atomic mass is 10.2. The molecule has 0 heterocycles. The van der Waals surface area contributed by atoms with Crippen LogP contribution >= 0.6 is 0 Å². The zero-order valence-electron chi connectivity index (χ0n) is 15.0. The molecule has 0 aliphatic heterocycles. The minimum atomic E-state index is 0. The van der Waals surface area contributed by atoms with E-state index >= 15 is 0 Å². The smallest absolute Gasteiger partial charge is 0.0970 e. The summed E-state index contributed by atoms with van der Waals surface area (Å²) in [4.78, 5) is 0. The average Bonchev–Trinajstić information content (AvgIpc) is 2.59. The topological polar surface area (TPSA) is 76.1 Å². The molecule has 0 saturated carbocycles. The molecule has 0 saturated heterocycles. The average molecular weight is 357 g/mol. The number of nitrogen functional groups attached to an aromatic ring is 2. The Morgan fingerprint density at radius 3 is 1.58 bits per heavy atom. The van der Waals surface area contributed by atoms with E-state index in [2.05, 4.69) is 24.3 Å². The molecule has 2 aromatic carbocycles. The van der Waals surface area contributed by atoms with E-state index in [4.69, 9.17) is 11.5 Å². The third kappa shape index (κ3) is 7.07. The van der Waals surface area contributed by atoms with Crippen LogP contribution in [0.1, 0.15) is 7.43 Å². The van der Waals surface area contributed by atoms with E-state index in [0.717, 1.165) is 60.0 Å². The molecule has 0 aromatic heterocycles. The molecule has 2 rings (SSSR count). The van der Waals surface area contributed by atoms with E-state index in [1.165, 1.54) is 0 Å². The molecular weight excluding hydrogens is 322 g/mol. The van der Waals surface area contributed by atoms with Crippen LogP contribution in [0.5, 0.6) is 0 Å². The summed E-state index contributed by atoms with van der Waals surface area (Å²) in [7, 11) is 2.26. The van der Waals surface area contributed by atoms with Gasteiger partial charge in [-0.15, -0.1) is 0 Å². The SMILES string of the molecule is C.C=CC[N+](C)(CCNc1ccc(N)cc1)CCNc1ccc(N)cc1. The maximum atomic E-state index is 5.72. The van der Waals surface area contributed by atoms with Gasteiger partial charge >= 0.3 is 0 Å². The highest BCUT2D eigenvalue weighted by Gasteiger charge is 2.19. The fraction of sp³-hybridized carbons (Fsp3) is 0.333. The van der Waals surface area contributed by atoms with Crippen LogP contribution in [0.25, 0.3) is 0 Å². The van der Waals surface area contributed by atoms with E-state index in [1.807, 2.05) is 54.6 Å². The number of nitrogens with two attached hydrogens (primary N) is 2. The molecule has 0 unspecified atom stereocenters. The molecule has 5 heteroatoms. The number of quaternary nitrogens is 1. The van der Waals surface area contributed by atoms with Gasteiger partial charge in [-0.1, -0.05) is 14.0 Å². The van der Waals surface area contributed by atoms with Crippen molar-refractivity contribution >= 4 is 22.7 Å². The van der Waals surface area contributed by atoms with Crippen LogP contribution in [-0.4, -0.2) is 44.3 Å². The first kappa shape index (κ1) is 21.4. The highest BCUT2D eigenvalue weighted by atomic mass is 15.3. The van der Waals surface area contributed by atoms with Crippen molar-refractivity contribution in [2.45, 2.75) is 7.43 Å². The van der Waals surface area contributed by atoms with Gasteiger partial charge in [-0.2, -0.15) is 0 Å². The highest BCUT2D eigenvalue weighted by molar-refractivity contribution is 5.51. The van der Waals surface area contributed by atoms with E-state index < -0.39 is 0 Å². The molecule has 6 N–H and O–H groups in total. The van der Waals surface area contributed by atoms with Crippen molar-refractivity contribution in [3.8, 4) is 0 Å². The van der Waals surface area contributed by atoms with Crippen LogP contribution in [0, 0.1) is 0 Å². The molecule has 142 valence electrons. The molecule has 5 nitrogen and oxygen atoms in total. The van der Waals surface area contributed by atoms with Crippen LogP contribution in [0.3, 0.4) is 0 Å². The van der Waals surface area contributed by atoms with E-state index in [9.17, 15) is 0 Å². The normalized spacial score (nSPS) is 10.7. The molecule has 0 bridgehead atoms. The second kappa shape index (κ2) is 10.4. The van der Waals surface area contributed by atoms with E-state index in [1.54, 1.807) is 0 Å². The maximum absolute atomic E-state index is 5.72. The van der Waals surface area contributed by atoms with Gasteiger partial charge in [-0.3, -0.25) is 0 Å². The summed E-state index contributed by atoms with van der Waals surface area (Å²) in [6.45, 7) is 8.68. The van der Waals surface area contributed by atoms with E-state index in [-0.39, 0.29) is 7.43 Å². The van der Waals surface area contributed by atoms with E-state index in [0.29, 0.717) is 0 Å². The Balaban J connectivity index is 0.00000338. The van der Waals surface area contributed by atoms with Gasteiger partial charge < -0.3 is 26.6 Å². The summed E-state index contributed by atoms with van der Waals surface area (Å²) >= 11 is 0. The third-order valence-corrected chi connectivity index (χ3v) is 4.35. The van der Waals surface area contributed by atoms with Crippen LogP contribution in [-0.2, 0) is 0 Å². The molecule has 0 radical (unpaired) electrons. The third-order valence-electron chi connectivity index (χ3n) is 4.35. The largest absolute Gasteiger partial charge is 0.399 e. The number of benzene rings is 2. The number of nitrogens with zero attached hydrogens (tertiary/aromatic N) is 1. The Morgan fingerprint density at radius 1 is 0.846 bits per heavy atom. The lowest BCUT2D eigenvalue weighted by Gasteiger charge is -2.34. The summed E-state index contributed by atoms with van der Waals surface area (Å²) in [6.07, 6.45) is 1.99. The molecule has 0 spiro atoms. The Bertz CT molecular complexity index is 598. The van der Waals surface area contributed by atoms with Crippen LogP contribution in [0.15, 0.2) is 61.2 Å². The Labute approximate surface area is 158 Å². The Hall–Kier alpha value is -2.66. The fourth-order valence-electron chi connectivity index (χ4n) is 2.75.